The first-order chi connectivity index (χ1) is 16.2. The van der Waals surface area contributed by atoms with Crippen LogP contribution in [0.4, 0.5) is 18.9 Å². The van der Waals surface area contributed by atoms with Gasteiger partial charge in [0, 0.05) is 49.2 Å². The van der Waals surface area contributed by atoms with Crippen LogP contribution in [0.2, 0.25) is 0 Å². The maximum atomic E-state index is 13.4. The van der Waals surface area contributed by atoms with Crippen LogP contribution in [0.25, 0.3) is 0 Å². The number of carbonyl (C=O) groups is 2. The van der Waals surface area contributed by atoms with E-state index in [0.717, 1.165) is 10.9 Å². The Labute approximate surface area is 200 Å². The maximum Gasteiger partial charge on any atom is 0.417 e. The van der Waals surface area contributed by atoms with Gasteiger partial charge in [0.05, 0.1) is 29.5 Å². The van der Waals surface area contributed by atoms with E-state index in [-0.39, 0.29) is 17.7 Å². The van der Waals surface area contributed by atoms with E-state index in [1.807, 2.05) is 22.4 Å². The van der Waals surface area contributed by atoms with Gasteiger partial charge in [-0.2, -0.15) is 18.4 Å². The Bertz CT molecular complexity index is 1100. The summed E-state index contributed by atoms with van der Waals surface area (Å²) in [6.45, 7) is 1.73. The number of benzene rings is 1. The van der Waals surface area contributed by atoms with Gasteiger partial charge in [0.15, 0.2) is 0 Å². The number of anilines is 1. The summed E-state index contributed by atoms with van der Waals surface area (Å²) in [7, 11) is 1.58. The highest BCUT2D eigenvalue weighted by Crippen LogP contribution is 2.46. The normalized spacial score (nSPS) is 19.8. The van der Waals surface area contributed by atoms with E-state index in [2.05, 4.69) is 5.32 Å². The summed E-state index contributed by atoms with van der Waals surface area (Å²) in [6, 6.07) is 9.18. The maximum absolute atomic E-state index is 13.4. The van der Waals surface area contributed by atoms with Crippen molar-refractivity contribution in [3.8, 4) is 6.07 Å². The molecule has 6 nitrogen and oxygen atoms in total. The Morgan fingerprint density at radius 1 is 1.26 bits per heavy atom. The SMILES string of the molecule is CNC(=O)C1CN(C(=O)Cc2cccs2)CC12CCN(c1ccc(C#N)c(C(F)(F)F)c1)CC2. The second-order valence-electron chi connectivity index (χ2n) is 8.89. The summed E-state index contributed by atoms with van der Waals surface area (Å²) < 4.78 is 40.2. The number of nitriles is 1. The Hall–Kier alpha value is -3.06. The molecule has 3 heterocycles. The quantitative estimate of drug-likeness (QED) is 0.710. The number of amides is 2. The fourth-order valence-electron chi connectivity index (χ4n) is 5.15. The lowest BCUT2D eigenvalue weighted by atomic mass is 9.70. The number of piperidine rings is 1. The Morgan fingerprint density at radius 3 is 2.59 bits per heavy atom. The molecule has 34 heavy (non-hydrogen) atoms. The van der Waals surface area contributed by atoms with Gasteiger partial charge in [0.2, 0.25) is 11.8 Å². The number of carbonyl (C=O) groups excluding carboxylic acids is 2. The van der Waals surface area contributed by atoms with Gasteiger partial charge in [-0.05, 0) is 42.5 Å². The molecule has 1 atom stereocenters. The molecular weight excluding hydrogens is 465 g/mol. The number of halogens is 3. The molecule has 2 saturated heterocycles. The largest absolute Gasteiger partial charge is 0.417 e. The van der Waals surface area contributed by atoms with E-state index >= 15 is 0 Å². The number of thiophene rings is 1. The Morgan fingerprint density at radius 2 is 2.00 bits per heavy atom. The number of alkyl halides is 3. The number of likely N-dealkylation sites (tertiary alicyclic amines) is 1. The van der Waals surface area contributed by atoms with Gasteiger partial charge >= 0.3 is 6.18 Å². The van der Waals surface area contributed by atoms with Crippen LogP contribution in [0.3, 0.4) is 0 Å². The monoisotopic (exact) mass is 490 g/mol. The summed E-state index contributed by atoms with van der Waals surface area (Å²) in [4.78, 5) is 30.3. The summed E-state index contributed by atoms with van der Waals surface area (Å²) in [6.07, 6.45) is -3.16. The van der Waals surface area contributed by atoms with E-state index in [0.29, 0.717) is 51.1 Å². The zero-order chi connectivity index (χ0) is 24.5. The van der Waals surface area contributed by atoms with Gasteiger partial charge in [-0.15, -0.1) is 11.3 Å². The van der Waals surface area contributed by atoms with Gasteiger partial charge in [0.25, 0.3) is 0 Å². The average Bonchev–Trinajstić information content (AvgIpc) is 3.46. The van der Waals surface area contributed by atoms with E-state index in [1.54, 1.807) is 18.0 Å². The molecule has 1 aromatic heterocycles. The molecule has 0 aliphatic carbocycles. The molecule has 0 radical (unpaired) electrons. The molecule has 1 aromatic carbocycles. The highest BCUT2D eigenvalue weighted by molar-refractivity contribution is 7.10. The van der Waals surface area contributed by atoms with Crippen molar-refractivity contribution in [1.29, 1.82) is 5.26 Å². The van der Waals surface area contributed by atoms with Crippen molar-refractivity contribution in [2.45, 2.75) is 25.4 Å². The molecule has 10 heteroatoms. The van der Waals surface area contributed by atoms with E-state index in [4.69, 9.17) is 5.26 Å². The van der Waals surface area contributed by atoms with Crippen LogP contribution in [0.1, 0.15) is 28.8 Å². The molecule has 0 saturated carbocycles. The average molecular weight is 491 g/mol. The van der Waals surface area contributed by atoms with Crippen molar-refractivity contribution in [3.63, 3.8) is 0 Å². The Kier molecular flexibility index (Phi) is 6.58. The lowest BCUT2D eigenvalue weighted by molar-refractivity contribution is -0.137. The van der Waals surface area contributed by atoms with Gasteiger partial charge in [0.1, 0.15) is 0 Å². The lowest BCUT2D eigenvalue weighted by Gasteiger charge is -2.43. The molecule has 1 spiro atoms. The molecule has 2 aromatic rings. The molecule has 2 aliphatic heterocycles. The molecule has 1 N–H and O–H groups in total. The Balaban J connectivity index is 1.51. The van der Waals surface area contributed by atoms with Gasteiger partial charge < -0.3 is 15.1 Å². The van der Waals surface area contributed by atoms with Crippen molar-refractivity contribution in [2.75, 3.05) is 38.1 Å². The van der Waals surface area contributed by atoms with Crippen LogP contribution < -0.4 is 10.2 Å². The van der Waals surface area contributed by atoms with Crippen LogP contribution in [0, 0.1) is 22.7 Å². The standard InChI is InChI=1S/C24H25F3N4O2S/c1-29-22(33)20-14-31(21(32)12-18-3-2-10-34-18)15-23(20)6-8-30(9-7-23)17-5-4-16(13-28)19(11-17)24(25,26)27/h2-5,10-11,20H,6-9,12,14-15H2,1H3,(H,29,33). The summed E-state index contributed by atoms with van der Waals surface area (Å²) in [5, 5.41) is 13.7. The number of hydrogen-bond donors (Lipinski definition) is 1. The summed E-state index contributed by atoms with van der Waals surface area (Å²) >= 11 is 1.52. The topological polar surface area (TPSA) is 76.4 Å². The zero-order valence-corrected chi connectivity index (χ0v) is 19.5. The van der Waals surface area contributed by atoms with Gasteiger partial charge in [-0.1, -0.05) is 6.07 Å². The fraction of sp³-hybridized carbons (Fsp3) is 0.458. The first-order valence-corrected chi connectivity index (χ1v) is 11.9. The summed E-state index contributed by atoms with van der Waals surface area (Å²) in [5.74, 6) is -0.492. The van der Waals surface area contributed by atoms with Crippen LogP contribution in [-0.2, 0) is 22.2 Å². The molecule has 2 amide bonds. The minimum absolute atomic E-state index is 0.0161. The minimum Gasteiger partial charge on any atom is -0.371 e. The molecular formula is C24H25F3N4O2S. The third-order valence-electron chi connectivity index (χ3n) is 7.02. The van der Waals surface area contributed by atoms with Crippen molar-refractivity contribution in [2.24, 2.45) is 11.3 Å². The third-order valence-corrected chi connectivity index (χ3v) is 7.90. The molecule has 180 valence electrons. The zero-order valence-electron chi connectivity index (χ0n) is 18.7. The molecule has 0 bridgehead atoms. The lowest BCUT2D eigenvalue weighted by Crippen LogP contribution is -2.48. The van der Waals surface area contributed by atoms with E-state index in [1.165, 1.54) is 23.5 Å². The third kappa shape index (κ3) is 4.62. The number of nitrogens with zero attached hydrogens (tertiary/aromatic N) is 3. The van der Waals surface area contributed by atoms with Crippen LogP contribution in [0.5, 0.6) is 0 Å². The van der Waals surface area contributed by atoms with Crippen molar-refractivity contribution in [3.05, 3.63) is 51.7 Å². The highest BCUT2D eigenvalue weighted by Gasteiger charge is 2.52. The minimum atomic E-state index is -4.61. The van der Waals surface area contributed by atoms with Crippen molar-refractivity contribution >= 4 is 28.8 Å². The van der Waals surface area contributed by atoms with Crippen LogP contribution in [0.15, 0.2) is 35.7 Å². The number of hydrogen-bond acceptors (Lipinski definition) is 5. The van der Waals surface area contributed by atoms with Crippen LogP contribution >= 0.6 is 11.3 Å². The second kappa shape index (κ2) is 9.29. The molecule has 2 aliphatic rings. The van der Waals surface area contributed by atoms with Gasteiger partial charge in [-0.25, -0.2) is 0 Å². The second-order valence-corrected chi connectivity index (χ2v) is 9.92. The van der Waals surface area contributed by atoms with Gasteiger partial charge in [-0.3, -0.25) is 9.59 Å². The molecule has 2 fully saturated rings. The van der Waals surface area contributed by atoms with Crippen LogP contribution in [-0.4, -0.2) is 49.9 Å². The van der Waals surface area contributed by atoms with E-state index in [9.17, 15) is 22.8 Å². The highest BCUT2D eigenvalue weighted by atomic mass is 32.1. The van der Waals surface area contributed by atoms with E-state index < -0.39 is 22.7 Å². The predicted molar refractivity (Wildman–Crippen MR) is 122 cm³/mol. The molecule has 1 unspecified atom stereocenters. The fourth-order valence-corrected chi connectivity index (χ4v) is 5.84. The first-order valence-electron chi connectivity index (χ1n) is 11.0. The smallest absolute Gasteiger partial charge is 0.371 e. The first kappa shape index (κ1) is 24.1. The summed E-state index contributed by atoms with van der Waals surface area (Å²) in [5.41, 5.74) is -1.36. The number of rotatable bonds is 4. The predicted octanol–water partition coefficient (Wildman–Crippen LogP) is 3.67. The number of nitrogens with one attached hydrogen (secondary N) is 1. The van der Waals surface area contributed by atoms with Crippen molar-refractivity contribution in [1.82, 2.24) is 10.2 Å². The van der Waals surface area contributed by atoms with Crippen molar-refractivity contribution < 1.29 is 22.8 Å². The molecule has 4 rings (SSSR count).